The van der Waals surface area contributed by atoms with Crippen LogP contribution in [0.4, 0.5) is 0 Å². The van der Waals surface area contributed by atoms with E-state index < -0.39 is 0 Å². The fraction of sp³-hybridized carbons (Fsp3) is 0.692. The van der Waals surface area contributed by atoms with Gasteiger partial charge in [0.1, 0.15) is 0 Å². The Bertz CT molecular complexity index is 258. The molecule has 1 atom stereocenters. The van der Waals surface area contributed by atoms with Crippen molar-refractivity contribution in [3.8, 4) is 0 Å². The van der Waals surface area contributed by atoms with E-state index in [-0.39, 0.29) is 0 Å². The maximum atomic E-state index is 2.36. The molecule has 1 unspecified atom stereocenters. The molecule has 13 heavy (non-hydrogen) atoms. The van der Waals surface area contributed by atoms with Gasteiger partial charge in [-0.2, -0.15) is 0 Å². The minimum absolute atomic E-state index is 0.405. The van der Waals surface area contributed by atoms with Gasteiger partial charge < -0.3 is 0 Å². The molecule has 0 fully saturated rings. The second-order valence-corrected chi connectivity index (χ2v) is 5.47. The predicted molar refractivity (Wildman–Crippen MR) is 59.7 cm³/mol. The predicted octanol–water partition coefficient (Wildman–Crippen LogP) is 4.34. The van der Waals surface area contributed by atoms with Crippen molar-refractivity contribution in [1.29, 1.82) is 0 Å². The van der Waals surface area contributed by atoms with Gasteiger partial charge in [-0.25, -0.2) is 0 Å². The van der Waals surface area contributed by atoms with Crippen LogP contribution in [0.25, 0.3) is 0 Å². The van der Waals surface area contributed by atoms with E-state index in [2.05, 4.69) is 47.6 Å². The van der Waals surface area contributed by atoms with E-state index in [0.29, 0.717) is 5.41 Å². The largest absolute Gasteiger partial charge is 0.0698 e. The van der Waals surface area contributed by atoms with Gasteiger partial charge in [-0.15, -0.1) is 0 Å². The summed E-state index contributed by atoms with van der Waals surface area (Å²) in [6.45, 7) is 13.8. The van der Waals surface area contributed by atoms with Crippen LogP contribution in [0.3, 0.4) is 0 Å². The lowest BCUT2D eigenvalue weighted by atomic mass is 9.70. The molecule has 0 nitrogen and oxygen atoms in total. The summed E-state index contributed by atoms with van der Waals surface area (Å²) in [6, 6.07) is 0. The van der Waals surface area contributed by atoms with Gasteiger partial charge in [0.05, 0.1) is 0 Å². The summed E-state index contributed by atoms with van der Waals surface area (Å²) in [4.78, 5) is 0. The molecule has 1 rings (SSSR count). The molecule has 1 aliphatic rings. The van der Waals surface area contributed by atoms with Gasteiger partial charge >= 0.3 is 0 Å². The smallest absolute Gasteiger partial charge is 0.0117 e. The van der Waals surface area contributed by atoms with Gasteiger partial charge in [0.25, 0.3) is 0 Å². The molecule has 0 aliphatic heterocycles. The van der Waals surface area contributed by atoms with Gasteiger partial charge in [-0.1, -0.05) is 43.6 Å². The highest BCUT2D eigenvalue weighted by atomic mass is 14.3. The number of hydrogen-bond donors (Lipinski definition) is 0. The molecule has 0 spiro atoms. The standard InChI is InChI=1S/C13H22/c1-9-7-11(3)12(8-10(9)2)13(4,5)6/h7,12H,8H2,1-6H3. The van der Waals surface area contributed by atoms with Crippen LogP contribution in [0, 0.1) is 11.3 Å². The average molecular weight is 178 g/mol. The van der Waals surface area contributed by atoms with Crippen LogP contribution in [0.1, 0.15) is 48.0 Å². The van der Waals surface area contributed by atoms with Crippen LogP contribution in [0.15, 0.2) is 22.8 Å². The van der Waals surface area contributed by atoms with Crippen molar-refractivity contribution in [2.75, 3.05) is 0 Å². The Balaban J connectivity index is 2.94. The fourth-order valence-electron chi connectivity index (χ4n) is 2.18. The molecule has 1 aliphatic carbocycles. The molecule has 0 saturated carbocycles. The van der Waals surface area contributed by atoms with Gasteiger partial charge in [-0.3, -0.25) is 0 Å². The van der Waals surface area contributed by atoms with E-state index in [0.717, 1.165) is 5.92 Å². The summed E-state index contributed by atoms with van der Waals surface area (Å²) < 4.78 is 0. The van der Waals surface area contributed by atoms with Crippen molar-refractivity contribution in [2.24, 2.45) is 11.3 Å². The van der Waals surface area contributed by atoms with Crippen molar-refractivity contribution in [1.82, 2.24) is 0 Å². The van der Waals surface area contributed by atoms with Gasteiger partial charge in [-0.05, 0) is 38.5 Å². The molecule has 0 saturated heterocycles. The topological polar surface area (TPSA) is 0 Å². The Morgan fingerprint density at radius 1 is 1.15 bits per heavy atom. The fourth-order valence-corrected chi connectivity index (χ4v) is 2.18. The first-order valence-electron chi connectivity index (χ1n) is 5.17. The molecule has 0 heterocycles. The lowest BCUT2D eigenvalue weighted by Crippen LogP contribution is -2.23. The highest BCUT2D eigenvalue weighted by molar-refractivity contribution is 5.33. The molecule has 0 aromatic carbocycles. The van der Waals surface area contributed by atoms with E-state index in [4.69, 9.17) is 0 Å². The second kappa shape index (κ2) is 3.32. The third-order valence-corrected chi connectivity index (χ3v) is 3.22. The third kappa shape index (κ3) is 2.24. The molecular weight excluding hydrogens is 156 g/mol. The van der Waals surface area contributed by atoms with Gasteiger partial charge in [0, 0.05) is 0 Å². The molecule has 0 bridgehead atoms. The van der Waals surface area contributed by atoms with Crippen molar-refractivity contribution in [3.63, 3.8) is 0 Å². The van der Waals surface area contributed by atoms with Crippen LogP contribution in [0.5, 0.6) is 0 Å². The summed E-state index contributed by atoms with van der Waals surface area (Å²) in [7, 11) is 0. The Morgan fingerprint density at radius 3 is 2.15 bits per heavy atom. The lowest BCUT2D eigenvalue weighted by Gasteiger charge is -2.35. The average Bonchev–Trinajstić information content (AvgIpc) is 1.94. The van der Waals surface area contributed by atoms with Crippen molar-refractivity contribution in [2.45, 2.75) is 48.0 Å². The van der Waals surface area contributed by atoms with Crippen molar-refractivity contribution in [3.05, 3.63) is 22.8 Å². The Labute approximate surface area is 82.7 Å². The molecular formula is C13H22. The normalized spacial score (nSPS) is 24.8. The Kier molecular flexibility index (Phi) is 2.70. The maximum Gasteiger partial charge on any atom is -0.0117 e. The second-order valence-electron chi connectivity index (χ2n) is 5.47. The quantitative estimate of drug-likeness (QED) is 0.518. The van der Waals surface area contributed by atoms with Crippen molar-refractivity contribution >= 4 is 0 Å². The minimum Gasteiger partial charge on any atom is -0.0698 e. The van der Waals surface area contributed by atoms with Gasteiger partial charge in [0.2, 0.25) is 0 Å². The number of rotatable bonds is 0. The molecule has 0 radical (unpaired) electrons. The van der Waals surface area contributed by atoms with E-state index in [1.54, 1.807) is 11.1 Å². The highest BCUT2D eigenvalue weighted by Gasteiger charge is 2.28. The van der Waals surface area contributed by atoms with E-state index >= 15 is 0 Å². The highest BCUT2D eigenvalue weighted by Crippen LogP contribution is 2.40. The van der Waals surface area contributed by atoms with Crippen LogP contribution in [-0.2, 0) is 0 Å². The van der Waals surface area contributed by atoms with Crippen LogP contribution in [-0.4, -0.2) is 0 Å². The maximum absolute atomic E-state index is 2.36. The Morgan fingerprint density at radius 2 is 1.69 bits per heavy atom. The number of allylic oxidation sites excluding steroid dienone is 4. The molecule has 0 heteroatoms. The summed E-state index contributed by atoms with van der Waals surface area (Å²) in [5, 5.41) is 0. The van der Waals surface area contributed by atoms with Crippen LogP contribution < -0.4 is 0 Å². The number of hydrogen-bond acceptors (Lipinski definition) is 0. The zero-order valence-electron chi connectivity index (χ0n) is 9.86. The zero-order chi connectivity index (χ0) is 10.2. The SMILES string of the molecule is CC1=CC(C)=C(C)CC1C(C)(C)C. The van der Waals surface area contributed by atoms with E-state index in [9.17, 15) is 0 Å². The molecule has 74 valence electrons. The summed E-state index contributed by atoms with van der Waals surface area (Å²) in [5.41, 5.74) is 4.99. The van der Waals surface area contributed by atoms with Crippen LogP contribution in [0.2, 0.25) is 0 Å². The van der Waals surface area contributed by atoms with Crippen molar-refractivity contribution < 1.29 is 0 Å². The summed E-state index contributed by atoms with van der Waals surface area (Å²) in [6.07, 6.45) is 3.60. The van der Waals surface area contributed by atoms with E-state index in [1.807, 2.05) is 0 Å². The lowest BCUT2D eigenvalue weighted by molar-refractivity contribution is 0.274. The first-order chi connectivity index (χ1) is 5.82. The van der Waals surface area contributed by atoms with Gasteiger partial charge in [0.15, 0.2) is 0 Å². The molecule has 0 amide bonds. The van der Waals surface area contributed by atoms with E-state index in [1.165, 1.54) is 12.0 Å². The summed E-state index contributed by atoms with van der Waals surface area (Å²) in [5.74, 6) is 0.733. The van der Waals surface area contributed by atoms with Crippen LogP contribution >= 0.6 is 0 Å². The third-order valence-electron chi connectivity index (χ3n) is 3.22. The molecule has 0 N–H and O–H groups in total. The first kappa shape index (κ1) is 10.6. The summed E-state index contributed by atoms with van der Waals surface area (Å²) >= 11 is 0. The zero-order valence-corrected chi connectivity index (χ0v) is 9.86. The molecule has 0 aromatic heterocycles. The first-order valence-corrected chi connectivity index (χ1v) is 5.17. The minimum atomic E-state index is 0.405. The molecule has 0 aromatic rings. The Hall–Kier alpha value is -0.520. The monoisotopic (exact) mass is 178 g/mol.